The number of rotatable bonds is 4. The molecule has 0 radical (unpaired) electrons. The summed E-state index contributed by atoms with van der Waals surface area (Å²) in [6.07, 6.45) is 1.20. The van der Waals surface area contributed by atoms with Gasteiger partial charge in [0.25, 0.3) is 0 Å². The van der Waals surface area contributed by atoms with Gasteiger partial charge in [0.15, 0.2) is 10.5 Å². The van der Waals surface area contributed by atoms with Crippen LogP contribution in [0, 0.1) is 11.3 Å². The molecular weight excluding hydrogens is 384 g/mol. The molecule has 1 aliphatic rings. The first-order valence-electron chi connectivity index (χ1n) is 8.70. The van der Waals surface area contributed by atoms with E-state index in [4.69, 9.17) is 0 Å². The molecule has 0 fully saturated rings. The molecule has 0 N–H and O–H groups in total. The van der Waals surface area contributed by atoms with E-state index in [0.717, 1.165) is 25.2 Å². The number of carbonyl (C=O) groups is 2. The van der Waals surface area contributed by atoms with Crippen molar-refractivity contribution in [2.75, 3.05) is 27.7 Å². The number of hydrogen-bond acceptors (Lipinski definition) is 4. The van der Waals surface area contributed by atoms with Gasteiger partial charge in [0.1, 0.15) is 5.69 Å². The van der Waals surface area contributed by atoms with Crippen LogP contribution in [0.1, 0.15) is 49.8 Å². The van der Waals surface area contributed by atoms with E-state index >= 15 is 0 Å². The number of imidazole rings is 1. The predicted molar refractivity (Wildman–Crippen MR) is 101 cm³/mol. The first kappa shape index (κ1) is 20.1. The molecule has 25 heavy (non-hydrogen) atoms. The molecule has 0 saturated carbocycles. The first-order valence-corrected chi connectivity index (χ1v) is 9.49. The highest BCUT2D eigenvalue weighted by Gasteiger charge is 2.36. The molecule has 0 spiro atoms. The number of nitrogens with zero attached hydrogens (tertiary/aromatic N) is 4. The van der Waals surface area contributed by atoms with Crippen LogP contribution < -0.4 is 0 Å². The van der Waals surface area contributed by atoms with Crippen molar-refractivity contribution in [3.63, 3.8) is 0 Å². The molecule has 1 aromatic heterocycles. The fraction of sp³-hybridized carbons (Fsp3) is 0.722. The highest BCUT2D eigenvalue weighted by atomic mass is 79.9. The molecule has 1 atom stereocenters. The molecule has 6 nitrogen and oxygen atoms in total. The molecule has 0 aliphatic carbocycles. The molecule has 0 aromatic carbocycles. The Morgan fingerprint density at radius 2 is 1.92 bits per heavy atom. The van der Waals surface area contributed by atoms with E-state index in [2.05, 4.69) is 37.4 Å². The van der Waals surface area contributed by atoms with Crippen molar-refractivity contribution >= 4 is 27.6 Å². The smallest absolute Gasteiger partial charge is 0.226 e. The summed E-state index contributed by atoms with van der Waals surface area (Å²) in [6.45, 7) is 8.55. The summed E-state index contributed by atoms with van der Waals surface area (Å²) in [4.78, 5) is 33.9. The van der Waals surface area contributed by atoms with Gasteiger partial charge < -0.3 is 14.4 Å². The molecule has 0 saturated heterocycles. The van der Waals surface area contributed by atoms with Crippen LogP contribution in [-0.4, -0.2) is 58.7 Å². The number of fused-ring (bicyclic) bond motifs is 1. The van der Waals surface area contributed by atoms with Crippen molar-refractivity contribution < 1.29 is 9.59 Å². The molecule has 7 heteroatoms. The highest BCUT2D eigenvalue weighted by Crippen LogP contribution is 2.32. The first-order chi connectivity index (χ1) is 11.5. The number of carbonyl (C=O) groups excluding carboxylic acids is 2. The van der Waals surface area contributed by atoms with Crippen molar-refractivity contribution in [1.29, 1.82) is 0 Å². The number of hydrogen-bond donors (Lipinski definition) is 0. The van der Waals surface area contributed by atoms with E-state index in [1.807, 2.05) is 20.8 Å². The van der Waals surface area contributed by atoms with Crippen molar-refractivity contribution in [2.45, 2.75) is 46.7 Å². The zero-order valence-corrected chi connectivity index (χ0v) is 17.7. The number of halogens is 1. The Morgan fingerprint density at radius 3 is 2.48 bits per heavy atom. The second kappa shape index (κ2) is 7.58. The van der Waals surface area contributed by atoms with E-state index in [1.54, 1.807) is 19.0 Å². The maximum absolute atomic E-state index is 13.0. The largest absolute Gasteiger partial charge is 0.349 e. The van der Waals surface area contributed by atoms with Crippen LogP contribution >= 0.6 is 15.9 Å². The fourth-order valence-electron chi connectivity index (χ4n) is 3.26. The summed E-state index contributed by atoms with van der Waals surface area (Å²) in [5.74, 6) is -0.433. The summed E-state index contributed by atoms with van der Waals surface area (Å²) in [5.41, 5.74) is 1.16. The van der Waals surface area contributed by atoms with Gasteiger partial charge in [-0.15, -0.1) is 0 Å². The maximum atomic E-state index is 13.0. The molecule has 1 aliphatic heterocycles. The topological polar surface area (TPSA) is 58.4 Å². The van der Waals surface area contributed by atoms with Crippen molar-refractivity contribution in [1.82, 2.24) is 19.4 Å². The van der Waals surface area contributed by atoms with E-state index in [-0.39, 0.29) is 29.4 Å². The van der Waals surface area contributed by atoms with Gasteiger partial charge in [0.05, 0.1) is 11.6 Å². The van der Waals surface area contributed by atoms with Crippen LogP contribution in [0.5, 0.6) is 0 Å². The molecule has 1 amide bonds. The Kier molecular flexibility index (Phi) is 6.09. The Labute approximate surface area is 158 Å². The van der Waals surface area contributed by atoms with Gasteiger partial charge in [-0.2, -0.15) is 0 Å². The molecular formula is C18H29BrN4O2. The third-order valence-electron chi connectivity index (χ3n) is 4.81. The minimum absolute atomic E-state index is 0.0117. The highest BCUT2D eigenvalue weighted by molar-refractivity contribution is 9.10. The van der Waals surface area contributed by atoms with Crippen LogP contribution in [0.25, 0.3) is 0 Å². The van der Waals surface area contributed by atoms with Crippen molar-refractivity contribution in [3.8, 4) is 0 Å². The fourth-order valence-corrected chi connectivity index (χ4v) is 3.83. The lowest BCUT2D eigenvalue weighted by Gasteiger charge is -2.31. The third kappa shape index (κ3) is 4.50. The summed E-state index contributed by atoms with van der Waals surface area (Å²) in [6, 6.07) is 0. The van der Waals surface area contributed by atoms with Crippen LogP contribution in [-0.2, 0) is 17.9 Å². The summed E-state index contributed by atoms with van der Waals surface area (Å²) in [5, 5.41) is 0. The van der Waals surface area contributed by atoms with Crippen LogP contribution in [0.2, 0.25) is 0 Å². The molecule has 2 heterocycles. The number of aromatic nitrogens is 2. The summed E-state index contributed by atoms with van der Waals surface area (Å²) < 4.78 is 2.78. The number of ketones is 1. The van der Waals surface area contributed by atoms with Crippen LogP contribution in [0.15, 0.2) is 4.73 Å². The minimum Gasteiger partial charge on any atom is -0.349 e. The second-order valence-electron chi connectivity index (χ2n) is 8.20. The van der Waals surface area contributed by atoms with Gasteiger partial charge in [-0.3, -0.25) is 9.59 Å². The Bertz CT molecular complexity index is 661. The van der Waals surface area contributed by atoms with Gasteiger partial charge in [-0.1, -0.05) is 20.8 Å². The van der Waals surface area contributed by atoms with Gasteiger partial charge in [-0.25, -0.2) is 4.98 Å². The SMILES string of the molecule is CN1CCCn2c(Br)nc(C(=O)C[C@H](C(=O)N(C)C)C(C)(C)C)c2C1. The minimum atomic E-state index is -0.366. The Balaban J connectivity index is 2.33. The lowest BCUT2D eigenvalue weighted by Crippen LogP contribution is -2.38. The lowest BCUT2D eigenvalue weighted by molar-refractivity contribution is -0.136. The standard InChI is InChI=1S/C18H29BrN4O2/c1-18(2,3)12(16(25)21(4)5)10-14(24)15-13-11-22(6)8-7-9-23(13)17(19)20-15/h12H,7-11H2,1-6H3/t12-/m1/s1. The van der Waals surface area contributed by atoms with Crippen LogP contribution in [0.4, 0.5) is 0 Å². The quantitative estimate of drug-likeness (QED) is 0.713. The van der Waals surface area contributed by atoms with E-state index < -0.39 is 0 Å². The van der Waals surface area contributed by atoms with Gasteiger partial charge >= 0.3 is 0 Å². The third-order valence-corrected chi connectivity index (χ3v) is 5.41. The predicted octanol–water partition coefficient (Wildman–Crippen LogP) is 2.80. The average Bonchev–Trinajstić information content (AvgIpc) is 2.67. The van der Waals surface area contributed by atoms with Crippen molar-refractivity contribution in [3.05, 3.63) is 16.1 Å². The normalized spacial score (nSPS) is 16.9. The lowest BCUT2D eigenvalue weighted by atomic mass is 9.76. The Morgan fingerprint density at radius 1 is 1.28 bits per heavy atom. The van der Waals surface area contributed by atoms with E-state index in [0.29, 0.717) is 17.0 Å². The molecule has 1 aromatic rings. The molecule has 0 unspecified atom stereocenters. The maximum Gasteiger partial charge on any atom is 0.226 e. The zero-order chi connectivity index (χ0) is 18.9. The molecule has 140 valence electrons. The average molecular weight is 413 g/mol. The van der Waals surface area contributed by atoms with Gasteiger partial charge in [-0.05, 0) is 41.4 Å². The number of amides is 1. The van der Waals surface area contributed by atoms with Crippen molar-refractivity contribution in [2.24, 2.45) is 11.3 Å². The monoisotopic (exact) mass is 412 g/mol. The summed E-state index contributed by atoms with van der Waals surface area (Å²) in [7, 11) is 5.53. The number of Topliss-reactive ketones (excluding diaryl/α,β-unsaturated/α-hetero) is 1. The van der Waals surface area contributed by atoms with Gasteiger partial charge in [0.2, 0.25) is 5.91 Å². The van der Waals surface area contributed by atoms with E-state index in [1.165, 1.54) is 0 Å². The van der Waals surface area contributed by atoms with Crippen LogP contribution in [0.3, 0.4) is 0 Å². The van der Waals surface area contributed by atoms with Gasteiger partial charge in [0, 0.05) is 33.6 Å². The second-order valence-corrected chi connectivity index (χ2v) is 8.91. The van der Waals surface area contributed by atoms with E-state index in [9.17, 15) is 9.59 Å². The molecule has 2 rings (SSSR count). The molecule has 0 bridgehead atoms. The summed E-state index contributed by atoms with van der Waals surface area (Å²) >= 11 is 3.49. The Hall–Kier alpha value is -1.21. The zero-order valence-electron chi connectivity index (χ0n) is 16.1.